The van der Waals surface area contributed by atoms with E-state index in [0.29, 0.717) is 26.2 Å². The maximum Gasteiger partial charge on any atom is 0.255 e. The van der Waals surface area contributed by atoms with Gasteiger partial charge in [0.05, 0.1) is 31.7 Å². The first kappa shape index (κ1) is 32.8. The van der Waals surface area contributed by atoms with Crippen LogP contribution < -0.4 is 31.3 Å². The van der Waals surface area contributed by atoms with Crippen LogP contribution in [0.4, 0.5) is 0 Å². The van der Waals surface area contributed by atoms with Gasteiger partial charge in [0.2, 0.25) is 23.6 Å². The quantitative estimate of drug-likeness (QED) is 0.279. The fourth-order valence-electron chi connectivity index (χ4n) is 4.63. The Bertz CT molecular complexity index is 1120. The number of nitrogens with one attached hydrogen (secondary N) is 5. The van der Waals surface area contributed by atoms with Crippen molar-refractivity contribution in [1.29, 1.82) is 0 Å². The number of fused-ring (bicyclic) bond motifs is 1. The Balaban J connectivity index is 1.79. The molecule has 42 heavy (non-hydrogen) atoms. The molecular formula is C29H44N6O7. The molecule has 13 heteroatoms. The molecule has 2 heterocycles. The van der Waals surface area contributed by atoms with E-state index in [2.05, 4.69) is 31.5 Å². The summed E-state index contributed by atoms with van der Waals surface area (Å²) < 4.78 is 11.1. The van der Waals surface area contributed by atoms with Gasteiger partial charge >= 0.3 is 0 Å². The number of hydrogen-bond donors (Lipinski definition) is 5. The van der Waals surface area contributed by atoms with Gasteiger partial charge in [-0.3, -0.25) is 28.9 Å². The molecule has 13 nitrogen and oxygen atoms in total. The fourth-order valence-corrected chi connectivity index (χ4v) is 4.63. The van der Waals surface area contributed by atoms with Crippen LogP contribution in [0.1, 0.15) is 50.9 Å². The minimum Gasteiger partial charge on any atom is -0.491 e. The van der Waals surface area contributed by atoms with E-state index in [1.54, 1.807) is 38.1 Å². The van der Waals surface area contributed by atoms with E-state index < -0.39 is 53.6 Å². The van der Waals surface area contributed by atoms with Crippen molar-refractivity contribution in [2.24, 2.45) is 5.92 Å². The van der Waals surface area contributed by atoms with Crippen molar-refractivity contribution >= 4 is 29.5 Å². The monoisotopic (exact) mass is 588 g/mol. The molecule has 0 aromatic heterocycles. The molecule has 1 aromatic rings. The third kappa shape index (κ3) is 9.69. The molecule has 232 valence electrons. The average Bonchev–Trinajstić information content (AvgIpc) is 2.95. The summed E-state index contributed by atoms with van der Waals surface area (Å²) in [6.07, 6.45) is 0.279. The van der Waals surface area contributed by atoms with Gasteiger partial charge in [0, 0.05) is 19.6 Å². The van der Waals surface area contributed by atoms with Crippen LogP contribution in [0.5, 0.6) is 5.75 Å². The van der Waals surface area contributed by atoms with E-state index in [4.69, 9.17) is 9.47 Å². The van der Waals surface area contributed by atoms with Gasteiger partial charge in [-0.1, -0.05) is 26.0 Å². The Labute approximate surface area is 246 Å². The topological polar surface area (TPSA) is 167 Å². The molecule has 5 N–H and O–H groups in total. The van der Waals surface area contributed by atoms with Crippen molar-refractivity contribution in [3.8, 4) is 5.75 Å². The summed E-state index contributed by atoms with van der Waals surface area (Å²) in [6.45, 7) is 11.0. The lowest BCUT2D eigenvalue weighted by Gasteiger charge is -2.30. The normalized spacial score (nSPS) is 22.9. The lowest BCUT2D eigenvalue weighted by atomic mass is 9.99. The summed E-state index contributed by atoms with van der Waals surface area (Å²) in [6, 6.07) is 4.46. The maximum atomic E-state index is 13.3. The molecule has 0 spiro atoms. The molecule has 1 saturated heterocycles. The third-order valence-corrected chi connectivity index (χ3v) is 7.11. The first-order valence-electron chi connectivity index (χ1n) is 14.5. The van der Waals surface area contributed by atoms with Gasteiger partial charge in [-0.05, 0) is 44.9 Å². The van der Waals surface area contributed by atoms with Crippen LogP contribution >= 0.6 is 0 Å². The van der Waals surface area contributed by atoms with E-state index >= 15 is 0 Å². The van der Waals surface area contributed by atoms with Crippen molar-refractivity contribution < 1.29 is 33.4 Å². The Morgan fingerprint density at radius 2 is 1.79 bits per heavy atom. The zero-order chi connectivity index (χ0) is 30.7. The maximum absolute atomic E-state index is 13.3. The number of benzene rings is 1. The Hall–Kier alpha value is -3.71. The van der Waals surface area contributed by atoms with Crippen LogP contribution in [0.15, 0.2) is 24.3 Å². The number of carbonyl (C=O) groups is 5. The molecule has 0 radical (unpaired) electrons. The summed E-state index contributed by atoms with van der Waals surface area (Å²) in [4.78, 5) is 67.9. The standard InChI is InChI=1S/C29H44N6O7/c1-19(2)24-27(39)31-11-15-42-22-9-6-5-8-20(22)25(37)32-21(18-23(36)34-29(3,4)28(40)33-24)26(38)30-10-7-12-35-13-16-41-17-14-35/h5-6,8-9,19,21,24H,7,10-18H2,1-4H3,(H,30,38)(H,31,39)(H,32,37)(H,33,40)(H,34,36)/t21-,24+/m0/s1. The first-order valence-corrected chi connectivity index (χ1v) is 14.5. The summed E-state index contributed by atoms with van der Waals surface area (Å²) in [5.41, 5.74) is -1.23. The minimum atomic E-state index is -1.41. The van der Waals surface area contributed by atoms with Crippen molar-refractivity contribution in [1.82, 2.24) is 31.5 Å². The van der Waals surface area contributed by atoms with Crippen LogP contribution in [0, 0.1) is 5.92 Å². The van der Waals surface area contributed by atoms with Crippen molar-refractivity contribution in [3.05, 3.63) is 29.8 Å². The predicted octanol–water partition coefficient (Wildman–Crippen LogP) is -0.442. The molecule has 0 bridgehead atoms. The van der Waals surface area contributed by atoms with Gasteiger partial charge in [0.15, 0.2) is 0 Å². The van der Waals surface area contributed by atoms with Crippen LogP contribution in [-0.4, -0.2) is 105 Å². The highest BCUT2D eigenvalue weighted by atomic mass is 16.5. The molecule has 1 fully saturated rings. The first-order chi connectivity index (χ1) is 20.0. The highest BCUT2D eigenvalue weighted by Gasteiger charge is 2.35. The molecule has 1 aromatic carbocycles. The summed E-state index contributed by atoms with van der Waals surface area (Å²) in [7, 11) is 0. The van der Waals surface area contributed by atoms with Gasteiger partial charge in [0.25, 0.3) is 5.91 Å². The van der Waals surface area contributed by atoms with Gasteiger partial charge in [-0.15, -0.1) is 0 Å². The third-order valence-electron chi connectivity index (χ3n) is 7.11. The largest absolute Gasteiger partial charge is 0.491 e. The van der Waals surface area contributed by atoms with Crippen LogP contribution in [0.2, 0.25) is 0 Å². The highest BCUT2D eigenvalue weighted by Crippen LogP contribution is 2.18. The highest BCUT2D eigenvalue weighted by molar-refractivity contribution is 6.01. The molecule has 5 amide bonds. The number of rotatable bonds is 6. The zero-order valence-electron chi connectivity index (χ0n) is 24.9. The summed E-state index contributed by atoms with van der Waals surface area (Å²) >= 11 is 0. The van der Waals surface area contributed by atoms with Crippen LogP contribution in [-0.2, 0) is 23.9 Å². The molecule has 0 saturated carbocycles. The SMILES string of the molecule is CC(C)[C@H]1NC(=O)C(C)(C)NC(=O)C[C@@H](C(=O)NCCCN2CCOCC2)NC(=O)c2ccccc2OCCNC1=O. The lowest BCUT2D eigenvalue weighted by Crippen LogP contribution is -2.60. The molecule has 2 aliphatic rings. The minimum absolute atomic E-state index is 0.0629. The van der Waals surface area contributed by atoms with E-state index in [-0.39, 0.29) is 30.4 Å². The second-order valence-electron chi connectivity index (χ2n) is 11.3. The fraction of sp³-hybridized carbons (Fsp3) is 0.621. The van der Waals surface area contributed by atoms with Gasteiger partial charge in [-0.25, -0.2) is 0 Å². The molecule has 2 aliphatic heterocycles. The van der Waals surface area contributed by atoms with Crippen molar-refractivity contribution in [3.63, 3.8) is 0 Å². The van der Waals surface area contributed by atoms with E-state index in [1.165, 1.54) is 13.8 Å². The smallest absolute Gasteiger partial charge is 0.255 e. The summed E-state index contributed by atoms with van der Waals surface area (Å²) in [5.74, 6) is -2.68. The van der Waals surface area contributed by atoms with Gasteiger partial charge in [-0.2, -0.15) is 0 Å². The van der Waals surface area contributed by atoms with E-state index in [1.807, 2.05) is 0 Å². The Morgan fingerprint density at radius 1 is 1.07 bits per heavy atom. The van der Waals surface area contributed by atoms with Crippen LogP contribution in [0.25, 0.3) is 0 Å². The molecule has 0 aliphatic carbocycles. The van der Waals surface area contributed by atoms with Crippen molar-refractivity contribution in [2.75, 3.05) is 52.5 Å². The Morgan fingerprint density at radius 3 is 2.50 bits per heavy atom. The van der Waals surface area contributed by atoms with Crippen LogP contribution in [0.3, 0.4) is 0 Å². The van der Waals surface area contributed by atoms with Gasteiger partial charge in [0.1, 0.15) is 30.0 Å². The Kier molecular flexibility index (Phi) is 12.1. The molecule has 2 atom stereocenters. The van der Waals surface area contributed by atoms with E-state index in [0.717, 1.165) is 19.6 Å². The number of hydrogen-bond acceptors (Lipinski definition) is 8. The number of nitrogens with zero attached hydrogens (tertiary/aromatic N) is 1. The number of carbonyl (C=O) groups excluding carboxylic acids is 5. The molecule has 0 unspecified atom stereocenters. The average molecular weight is 589 g/mol. The number of ether oxygens (including phenoxy) is 2. The summed E-state index contributed by atoms with van der Waals surface area (Å²) in [5, 5.41) is 13.6. The van der Waals surface area contributed by atoms with Gasteiger partial charge < -0.3 is 36.1 Å². The van der Waals surface area contributed by atoms with E-state index in [9.17, 15) is 24.0 Å². The lowest BCUT2D eigenvalue weighted by molar-refractivity contribution is -0.136. The second kappa shape index (κ2) is 15.5. The number of morpholine rings is 1. The number of amides is 5. The second-order valence-corrected chi connectivity index (χ2v) is 11.3. The number of para-hydroxylation sites is 1. The van der Waals surface area contributed by atoms with Crippen molar-refractivity contribution in [2.45, 2.75) is 58.2 Å². The predicted molar refractivity (Wildman–Crippen MR) is 155 cm³/mol. The molecule has 3 rings (SSSR count). The zero-order valence-corrected chi connectivity index (χ0v) is 24.9. The molecular weight excluding hydrogens is 544 g/mol.